The van der Waals surface area contributed by atoms with Crippen molar-refractivity contribution in [2.24, 2.45) is 17.8 Å². The molecule has 0 amide bonds. The van der Waals surface area contributed by atoms with Crippen LogP contribution in [0, 0.1) is 17.8 Å². The van der Waals surface area contributed by atoms with E-state index >= 15 is 0 Å². The van der Waals surface area contributed by atoms with Gasteiger partial charge in [0.2, 0.25) is 0 Å². The molecule has 1 aliphatic carbocycles. The van der Waals surface area contributed by atoms with E-state index in [1.54, 1.807) is 0 Å². The van der Waals surface area contributed by atoms with Gasteiger partial charge in [-0.15, -0.1) is 0 Å². The van der Waals surface area contributed by atoms with Crippen molar-refractivity contribution >= 4 is 0 Å². The number of hydrogen-bond acceptors (Lipinski definition) is 2. The van der Waals surface area contributed by atoms with Gasteiger partial charge in [0.05, 0.1) is 19.3 Å². The fourth-order valence-electron chi connectivity index (χ4n) is 2.50. The van der Waals surface area contributed by atoms with Gasteiger partial charge in [-0.25, -0.2) is 0 Å². The van der Waals surface area contributed by atoms with Crippen molar-refractivity contribution < 1.29 is 9.84 Å². The van der Waals surface area contributed by atoms with Crippen LogP contribution in [0.5, 0.6) is 0 Å². The first-order valence-corrected chi connectivity index (χ1v) is 4.53. The van der Waals surface area contributed by atoms with Gasteiger partial charge in [-0.1, -0.05) is 6.92 Å². The van der Waals surface area contributed by atoms with Crippen LogP contribution < -0.4 is 0 Å². The highest BCUT2D eigenvalue weighted by molar-refractivity contribution is 4.87. The van der Waals surface area contributed by atoms with Crippen LogP contribution in [0.15, 0.2) is 0 Å². The van der Waals surface area contributed by atoms with Crippen LogP contribution in [0.1, 0.15) is 19.8 Å². The molecule has 1 saturated heterocycles. The van der Waals surface area contributed by atoms with Crippen molar-refractivity contribution in [2.75, 3.05) is 13.2 Å². The van der Waals surface area contributed by atoms with E-state index in [1.807, 2.05) is 0 Å². The van der Waals surface area contributed by atoms with Gasteiger partial charge < -0.3 is 9.84 Å². The molecule has 64 valence electrons. The molecule has 1 N–H and O–H groups in total. The number of hydrogen-bond donors (Lipinski definition) is 1. The van der Waals surface area contributed by atoms with Crippen LogP contribution in [0.2, 0.25) is 0 Å². The van der Waals surface area contributed by atoms with E-state index in [4.69, 9.17) is 4.74 Å². The third kappa shape index (κ3) is 1.30. The van der Waals surface area contributed by atoms with E-state index in [0.29, 0.717) is 11.8 Å². The van der Waals surface area contributed by atoms with Gasteiger partial charge >= 0.3 is 0 Å². The SMILES string of the molecule is CC1CC2COCC(C1)C2O. The Hall–Kier alpha value is -0.0800. The molecule has 2 heteroatoms. The Balaban J connectivity index is 2.07. The van der Waals surface area contributed by atoms with Gasteiger partial charge in [-0.3, -0.25) is 0 Å². The molecular weight excluding hydrogens is 140 g/mol. The van der Waals surface area contributed by atoms with Crippen LogP contribution in [0.25, 0.3) is 0 Å². The molecule has 2 fully saturated rings. The summed E-state index contributed by atoms with van der Waals surface area (Å²) in [5, 5.41) is 9.73. The molecule has 0 aromatic carbocycles. The van der Waals surface area contributed by atoms with Gasteiger partial charge in [-0.05, 0) is 18.8 Å². The maximum absolute atomic E-state index is 9.73. The summed E-state index contributed by atoms with van der Waals surface area (Å²) in [6.07, 6.45) is 2.23. The second-order valence-electron chi connectivity index (χ2n) is 4.12. The molecule has 2 bridgehead atoms. The van der Waals surface area contributed by atoms with Crippen LogP contribution in [-0.4, -0.2) is 24.4 Å². The lowest BCUT2D eigenvalue weighted by Gasteiger charge is -2.41. The summed E-state index contributed by atoms with van der Waals surface area (Å²) < 4.78 is 5.40. The first-order chi connectivity index (χ1) is 5.27. The monoisotopic (exact) mass is 156 g/mol. The molecule has 1 aliphatic heterocycles. The van der Waals surface area contributed by atoms with Crippen molar-refractivity contribution in [3.8, 4) is 0 Å². The van der Waals surface area contributed by atoms with E-state index in [2.05, 4.69) is 6.92 Å². The van der Waals surface area contributed by atoms with Gasteiger partial charge in [0, 0.05) is 11.8 Å². The Bertz CT molecular complexity index is 132. The molecule has 0 aromatic heterocycles. The van der Waals surface area contributed by atoms with Crippen LogP contribution >= 0.6 is 0 Å². The fraction of sp³-hybridized carbons (Fsp3) is 1.00. The summed E-state index contributed by atoms with van der Waals surface area (Å²) >= 11 is 0. The number of aliphatic hydroxyl groups excluding tert-OH is 1. The standard InChI is InChI=1S/C9H16O2/c1-6-2-7-4-11-5-8(3-6)9(7)10/h6-10H,2-5H2,1H3. The van der Waals surface area contributed by atoms with Crippen molar-refractivity contribution in [3.63, 3.8) is 0 Å². The normalized spacial score (nSPS) is 50.7. The predicted octanol–water partition coefficient (Wildman–Crippen LogP) is 1.04. The van der Waals surface area contributed by atoms with E-state index in [0.717, 1.165) is 32.0 Å². The topological polar surface area (TPSA) is 29.5 Å². The van der Waals surface area contributed by atoms with Crippen LogP contribution in [0.3, 0.4) is 0 Å². The summed E-state index contributed by atoms with van der Waals surface area (Å²) in [7, 11) is 0. The quantitative estimate of drug-likeness (QED) is 0.568. The highest BCUT2D eigenvalue weighted by Gasteiger charge is 2.38. The Morgan fingerprint density at radius 2 is 1.73 bits per heavy atom. The first-order valence-electron chi connectivity index (χ1n) is 4.53. The summed E-state index contributed by atoms with van der Waals surface area (Å²) in [6, 6.07) is 0. The van der Waals surface area contributed by atoms with Crippen molar-refractivity contribution in [3.05, 3.63) is 0 Å². The molecule has 0 radical (unpaired) electrons. The molecule has 2 atom stereocenters. The average Bonchev–Trinajstić information content (AvgIpc) is 1.92. The van der Waals surface area contributed by atoms with Gasteiger partial charge in [0.1, 0.15) is 0 Å². The molecule has 11 heavy (non-hydrogen) atoms. The summed E-state index contributed by atoms with van der Waals surface area (Å²) in [4.78, 5) is 0. The molecule has 2 unspecified atom stereocenters. The molecular formula is C9H16O2. The zero-order chi connectivity index (χ0) is 7.84. The first kappa shape index (κ1) is 7.56. The summed E-state index contributed by atoms with van der Waals surface area (Å²) in [6.45, 7) is 3.83. The van der Waals surface area contributed by atoms with Gasteiger partial charge in [0.15, 0.2) is 0 Å². The second-order valence-corrected chi connectivity index (χ2v) is 4.12. The second kappa shape index (κ2) is 2.76. The third-order valence-corrected chi connectivity index (χ3v) is 3.04. The third-order valence-electron chi connectivity index (χ3n) is 3.04. The highest BCUT2D eigenvalue weighted by atomic mass is 16.5. The van der Waals surface area contributed by atoms with Crippen molar-refractivity contribution in [2.45, 2.75) is 25.9 Å². The zero-order valence-electron chi connectivity index (χ0n) is 6.99. The van der Waals surface area contributed by atoms with Gasteiger partial charge in [0.25, 0.3) is 0 Å². The molecule has 0 spiro atoms. The molecule has 1 heterocycles. The van der Waals surface area contributed by atoms with E-state index in [1.165, 1.54) is 0 Å². The molecule has 2 rings (SSSR count). The zero-order valence-corrected chi connectivity index (χ0v) is 6.99. The van der Waals surface area contributed by atoms with Crippen LogP contribution in [-0.2, 0) is 4.74 Å². The predicted molar refractivity (Wildman–Crippen MR) is 42.2 cm³/mol. The molecule has 0 aromatic rings. The number of aliphatic hydroxyl groups is 1. The lowest BCUT2D eigenvalue weighted by Crippen LogP contribution is -2.45. The largest absolute Gasteiger partial charge is 0.392 e. The van der Waals surface area contributed by atoms with Gasteiger partial charge in [-0.2, -0.15) is 0 Å². The Labute approximate surface area is 67.6 Å². The Kier molecular flexibility index (Phi) is 1.90. The number of rotatable bonds is 0. The lowest BCUT2D eigenvalue weighted by atomic mass is 9.73. The molecule has 2 nitrogen and oxygen atoms in total. The van der Waals surface area contributed by atoms with E-state index < -0.39 is 0 Å². The van der Waals surface area contributed by atoms with Crippen molar-refractivity contribution in [1.82, 2.24) is 0 Å². The molecule has 1 saturated carbocycles. The Morgan fingerprint density at radius 3 is 2.27 bits per heavy atom. The number of fused-ring (bicyclic) bond motifs is 2. The maximum atomic E-state index is 9.73. The van der Waals surface area contributed by atoms with Crippen LogP contribution in [0.4, 0.5) is 0 Å². The highest BCUT2D eigenvalue weighted by Crippen LogP contribution is 2.36. The van der Waals surface area contributed by atoms with E-state index in [-0.39, 0.29) is 6.10 Å². The van der Waals surface area contributed by atoms with Crippen molar-refractivity contribution in [1.29, 1.82) is 0 Å². The minimum atomic E-state index is -0.0695. The van der Waals surface area contributed by atoms with E-state index in [9.17, 15) is 5.11 Å². The summed E-state index contributed by atoms with van der Waals surface area (Å²) in [5.41, 5.74) is 0. The average molecular weight is 156 g/mol. The minimum absolute atomic E-state index is 0.0695. The summed E-state index contributed by atoms with van der Waals surface area (Å²) in [5.74, 6) is 1.65. The smallest absolute Gasteiger partial charge is 0.0640 e. The fourth-order valence-corrected chi connectivity index (χ4v) is 2.50. The molecule has 2 aliphatic rings. The minimum Gasteiger partial charge on any atom is -0.392 e. The number of ether oxygens (including phenoxy) is 1. The maximum Gasteiger partial charge on any atom is 0.0640 e. The Morgan fingerprint density at radius 1 is 1.18 bits per heavy atom. The lowest BCUT2D eigenvalue weighted by molar-refractivity contribution is -0.113.